The molecule has 0 spiro atoms. The first kappa shape index (κ1) is 20.6. The van der Waals surface area contributed by atoms with Crippen LogP contribution in [0.4, 0.5) is 5.95 Å². The van der Waals surface area contributed by atoms with E-state index in [1.165, 1.54) is 37.9 Å². The molecule has 0 saturated carbocycles. The van der Waals surface area contributed by atoms with Crippen LogP contribution in [0.3, 0.4) is 0 Å². The quantitative estimate of drug-likeness (QED) is 0.567. The van der Waals surface area contributed by atoms with E-state index in [9.17, 15) is 5.11 Å². The van der Waals surface area contributed by atoms with E-state index in [0.29, 0.717) is 24.7 Å². The summed E-state index contributed by atoms with van der Waals surface area (Å²) >= 11 is 0. The highest BCUT2D eigenvalue weighted by Crippen LogP contribution is 2.18. The number of anilines is 1. The lowest BCUT2D eigenvalue weighted by Gasteiger charge is -2.26. The summed E-state index contributed by atoms with van der Waals surface area (Å²) < 4.78 is 7.35. The fraction of sp³-hybridized carbons (Fsp3) is 0.600. The number of rotatable bonds is 10. The molecule has 3 rings (SSSR count). The Labute approximate surface area is 166 Å². The third-order valence-electron chi connectivity index (χ3n) is 4.90. The summed E-state index contributed by atoms with van der Waals surface area (Å²) in [6.07, 6.45) is 3.85. The van der Waals surface area contributed by atoms with Gasteiger partial charge in [0.05, 0.1) is 6.10 Å². The second kappa shape index (κ2) is 10.4. The summed E-state index contributed by atoms with van der Waals surface area (Å²) in [7, 11) is 1.75. The van der Waals surface area contributed by atoms with Crippen LogP contribution in [-0.2, 0) is 20.2 Å². The predicted octanol–water partition coefficient (Wildman–Crippen LogP) is 1.54. The maximum Gasteiger partial charge on any atom is 0.221 e. The molecule has 1 saturated heterocycles. The fourth-order valence-electron chi connectivity index (χ4n) is 3.39. The third kappa shape index (κ3) is 6.19. The summed E-state index contributed by atoms with van der Waals surface area (Å²) in [5.41, 5.74) is 1.25. The lowest BCUT2D eigenvalue weighted by atomic mass is 10.1. The molecule has 2 aromatic rings. The van der Waals surface area contributed by atoms with Crippen molar-refractivity contribution in [3.05, 3.63) is 35.7 Å². The minimum atomic E-state index is -0.580. The average Bonchev–Trinajstić information content (AvgIpc) is 3.07. The fourth-order valence-corrected chi connectivity index (χ4v) is 3.39. The molecule has 0 amide bonds. The molecule has 1 fully saturated rings. The van der Waals surface area contributed by atoms with Crippen molar-refractivity contribution in [3.8, 4) is 5.75 Å². The average molecular weight is 390 g/mol. The highest BCUT2D eigenvalue weighted by Gasteiger charge is 2.12. The molecule has 8 heteroatoms. The number of aryl methyl sites for hydroxylation is 1. The summed E-state index contributed by atoms with van der Waals surface area (Å²) in [5.74, 6) is 1.74. The van der Waals surface area contributed by atoms with Crippen LogP contribution >= 0.6 is 0 Å². The van der Waals surface area contributed by atoms with Crippen molar-refractivity contribution >= 4 is 5.95 Å². The number of hydrogen-bond acceptors (Lipinski definition) is 7. The Balaban J connectivity index is 1.39. The number of nitrogens with zero attached hydrogens (tertiary/aromatic N) is 4. The van der Waals surface area contributed by atoms with Crippen molar-refractivity contribution in [1.29, 1.82) is 0 Å². The summed E-state index contributed by atoms with van der Waals surface area (Å²) in [6.45, 7) is 3.89. The van der Waals surface area contributed by atoms with Gasteiger partial charge in [-0.1, -0.05) is 18.6 Å². The van der Waals surface area contributed by atoms with Gasteiger partial charge in [0.2, 0.25) is 5.95 Å². The van der Waals surface area contributed by atoms with Gasteiger partial charge >= 0.3 is 0 Å². The molecule has 154 valence electrons. The van der Waals surface area contributed by atoms with Crippen LogP contribution in [-0.4, -0.2) is 62.2 Å². The lowest BCUT2D eigenvalue weighted by Crippen LogP contribution is -2.29. The first-order chi connectivity index (χ1) is 13.6. The zero-order valence-corrected chi connectivity index (χ0v) is 16.5. The highest BCUT2D eigenvalue weighted by molar-refractivity contribution is 5.28. The number of likely N-dealkylation sites (tertiary alicyclic amines) is 1. The van der Waals surface area contributed by atoms with Gasteiger partial charge in [0, 0.05) is 20.1 Å². The SMILES string of the molecule is Cn1nc(CO)nc1NCCC(O)COc1cccc(CN2CCCCC2)c1. The van der Waals surface area contributed by atoms with Crippen LogP contribution in [0.15, 0.2) is 24.3 Å². The van der Waals surface area contributed by atoms with E-state index in [1.807, 2.05) is 12.1 Å². The Morgan fingerprint density at radius 1 is 1.25 bits per heavy atom. The Hall–Kier alpha value is -2.16. The monoisotopic (exact) mass is 389 g/mol. The molecule has 0 radical (unpaired) electrons. The molecule has 1 atom stereocenters. The van der Waals surface area contributed by atoms with E-state index >= 15 is 0 Å². The Bertz CT molecular complexity index is 730. The molecule has 1 aliphatic heterocycles. The van der Waals surface area contributed by atoms with Gasteiger partial charge in [-0.3, -0.25) is 4.90 Å². The summed E-state index contributed by atoms with van der Waals surface area (Å²) in [4.78, 5) is 6.63. The summed E-state index contributed by atoms with van der Waals surface area (Å²) in [5, 5.41) is 26.4. The van der Waals surface area contributed by atoms with Crippen molar-refractivity contribution < 1.29 is 14.9 Å². The summed E-state index contributed by atoms with van der Waals surface area (Å²) in [6, 6.07) is 8.13. The number of hydrogen-bond donors (Lipinski definition) is 3. The molecule has 1 aromatic heterocycles. The first-order valence-corrected chi connectivity index (χ1v) is 10.0. The van der Waals surface area contributed by atoms with Gasteiger partial charge in [-0.15, -0.1) is 0 Å². The van der Waals surface area contributed by atoms with Crippen molar-refractivity contribution in [3.63, 3.8) is 0 Å². The van der Waals surface area contributed by atoms with Crippen molar-refractivity contribution in [2.24, 2.45) is 7.05 Å². The van der Waals surface area contributed by atoms with Crippen LogP contribution in [0.25, 0.3) is 0 Å². The maximum absolute atomic E-state index is 10.2. The predicted molar refractivity (Wildman–Crippen MR) is 107 cm³/mol. The van der Waals surface area contributed by atoms with Gasteiger partial charge in [-0.05, 0) is 50.0 Å². The number of aliphatic hydroxyl groups is 2. The zero-order valence-electron chi connectivity index (χ0n) is 16.5. The van der Waals surface area contributed by atoms with E-state index in [4.69, 9.17) is 9.84 Å². The van der Waals surface area contributed by atoms with E-state index in [-0.39, 0.29) is 13.2 Å². The normalized spacial score (nSPS) is 16.1. The molecule has 3 N–H and O–H groups in total. The molecule has 2 heterocycles. The van der Waals surface area contributed by atoms with Crippen LogP contribution in [0.1, 0.15) is 37.1 Å². The van der Waals surface area contributed by atoms with E-state index in [1.54, 1.807) is 11.7 Å². The second-order valence-electron chi connectivity index (χ2n) is 7.30. The smallest absolute Gasteiger partial charge is 0.221 e. The van der Waals surface area contributed by atoms with Gasteiger partial charge in [0.25, 0.3) is 0 Å². The molecule has 8 nitrogen and oxygen atoms in total. The van der Waals surface area contributed by atoms with Crippen LogP contribution < -0.4 is 10.1 Å². The maximum atomic E-state index is 10.2. The van der Waals surface area contributed by atoms with Gasteiger partial charge in [0.15, 0.2) is 5.82 Å². The number of aromatic nitrogens is 3. The number of aliphatic hydroxyl groups excluding tert-OH is 2. The van der Waals surface area contributed by atoms with Crippen LogP contribution in [0.2, 0.25) is 0 Å². The van der Waals surface area contributed by atoms with Crippen molar-refractivity contribution in [2.75, 3.05) is 31.6 Å². The number of nitrogens with one attached hydrogen (secondary N) is 1. The Kier molecular flexibility index (Phi) is 7.64. The second-order valence-corrected chi connectivity index (χ2v) is 7.30. The van der Waals surface area contributed by atoms with Gasteiger partial charge in [0.1, 0.15) is 19.0 Å². The topological polar surface area (TPSA) is 95.7 Å². The van der Waals surface area contributed by atoms with E-state index < -0.39 is 6.10 Å². The largest absolute Gasteiger partial charge is 0.491 e. The van der Waals surface area contributed by atoms with Crippen LogP contribution in [0, 0.1) is 0 Å². The molecule has 28 heavy (non-hydrogen) atoms. The lowest BCUT2D eigenvalue weighted by molar-refractivity contribution is 0.103. The van der Waals surface area contributed by atoms with E-state index in [0.717, 1.165) is 12.3 Å². The molecule has 1 aliphatic rings. The van der Waals surface area contributed by atoms with Gasteiger partial charge in [-0.25, -0.2) is 4.68 Å². The highest BCUT2D eigenvalue weighted by atomic mass is 16.5. The van der Waals surface area contributed by atoms with Crippen molar-refractivity contribution in [1.82, 2.24) is 19.7 Å². The number of benzene rings is 1. The molecular weight excluding hydrogens is 358 g/mol. The van der Waals surface area contributed by atoms with Crippen molar-refractivity contribution in [2.45, 2.75) is 44.9 Å². The molecule has 0 aliphatic carbocycles. The Morgan fingerprint density at radius 3 is 2.82 bits per heavy atom. The third-order valence-corrected chi connectivity index (χ3v) is 4.90. The first-order valence-electron chi connectivity index (χ1n) is 10.0. The minimum absolute atomic E-state index is 0.192. The molecular formula is C20H31N5O3. The number of ether oxygens (including phenoxy) is 1. The van der Waals surface area contributed by atoms with Crippen LogP contribution in [0.5, 0.6) is 5.75 Å². The Morgan fingerprint density at radius 2 is 2.07 bits per heavy atom. The van der Waals surface area contributed by atoms with Gasteiger partial charge < -0.3 is 20.3 Å². The van der Waals surface area contributed by atoms with E-state index in [2.05, 4.69) is 32.4 Å². The molecule has 1 aromatic carbocycles. The molecule has 1 unspecified atom stereocenters. The minimum Gasteiger partial charge on any atom is -0.491 e. The molecule has 0 bridgehead atoms. The zero-order chi connectivity index (χ0) is 19.8. The van der Waals surface area contributed by atoms with Gasteiger partial charge in [-0.2, -0.15) is 10.1 Å². The number of piperidine rings is 1. The standard InChI is InChI=1S/C20H31N5O3/c1-24-20(22-19(14-26)23-24)21-9-8-17(27)15-28-18-7-5-6-16(12-18)13-25-10-3-2-4-11-25/h5-7,12,17,26-27H,2-4,8-11,13-15H2,1H3,(H,21,22,23).